The molecule has 0 aliphatic carbocycles. The quantitative estimate of drug-likeness (QED) is 0.581. The second kappa shape index (κ2) is 10.1. The molecule has 6 nitrogen and oxygen atoms in total. The molecule has 160 valence electrons. The third kappa shape index (κ3) is 5.61. The van der Waals surface area contributed by atoms with E-state index in [2.05, 4.69) is 10.4 Å². The number of halogens is 4. The van der Waals surface area contributed by atoms with E-state index in [0.29, 0.717) is 41.0 Å². The molecule has 1 unspecified atom stereocenters. The summed E-state index contributed by atoms with van der Waals surface area (Å²) in [6.07, 6.45) is -6.05. The zero-order valence-corrected chi connectivity index (χ0v) is 16.3. The number of hydrogen-bond acceptors (Lipinski definition) is 4. The van der Waals surface area contributed by atoms with Crippen LogP contribution in [-0.4, -0.2) is 28.9 Å². The molecule has 10 heteroatoms. The number of nitrogens with one attached hydrogen (secondary N) is 1. The molecule has 0 saturated carbocycles. The van der Waals surface area contributed by atoms with E-state index in [1.165, 1.54) is 6.92 Å². The van der Waals surface area contributed by atoms with E-state index in [0.717, 1.165) is 0 Å². The maximum atomic E-state index is 13.1. The van der Waals surface area contributed by atoms with Gasteiger partial charge in [0.05, 0.1) is 13.2 Å². The Morgan fingerprint density at radius 3 is 2.31 bits per heavy atom. The standard InChI is InChI=1S/C19H23F4N3O3/c1-4-28-15-7-6-12(8-16(15)29-5-2)10-24-19(27)11(3)26-14(18(22)23)9-13(25-26)17(20)21/h6-9,11,17-18H,4-5,10H2,1-3H3,(H,24,27). The minimum atomic E-state index is -3.04. The van der Waals surface area contributed by atoms with Gasteiger partial charge in [-0.1, -0.05) is 6.07 Å². The lowest BCUT2D eigenvalue weighted by molar-refractivity contribution is -0.124. The molecule has 0 aliphatic heterocycles. The zero-order valence-electron chi connectivity index (χ0n) is 16.3. The summed E-state index contributed by atoms with van der Waals surface area (Å²) in [7, 11) is 0. The van der Waals surface area contributed by atoms with Crippen LogP contribution in [0.1, 0.15) is 56.6 Å². The van der Waals surface area contributed by atoms with Crippen molar-refractivity contribution in [1.82, 2.24) is 15.1 Å². The fraction of sp³-hybridized carbons (Fsp3) is 0.474. The fourth-order valence-electron chi connectivity index (χ4n) is 2.66. The summed E-state index contributed by atoms with van der Waals surface area (Å²) < 4.78 is 63.5. The molecule has 1 aromatic heterocycles. The van der Waals surface area contributed by atoms with Crippen molar-refractivity contribution < 1.29 is 31.8 Å². The molecule has 1 atom stereocenters. The van der Waals surface area contributed by atoms with Gasteiger partial charge in [0.15, 0.2) is 11.5 Å². The van der Waals surface area contributed by atoms with Gasteiger partial charge in [-0.2, -0.15) is 5.10 Å². The van der Waals surface area contributed by atoms with Gasteiger partial charge in [-0.3, -0.25) is 9.48 Å². The molecule has 29 heavy (non-hydrogen) atoms. The van der Waals surface area contributed by atoms with Crippen LogP contribution in [0.15, 0.2) is 24.3 Å². The average molecular weight is 417 g/mol. The lowest BCUT2D eigenvalue weighted by atomic mass is 10.2. The Kier molecular flexibility index (Phi) is 7.86. The number of alkyl halides is 4. The summed E-state index contributed by atoms with van der Waals surface area (Å²) in [4.78, 5) is 12.4. The highest BCUT2D eigenvalue weighted by Crippen LogP contribution is 2.29. The number of benzene rings is 1. The van der Waals surface area contributed by atoms with Crippen LogP contribution in [0.3, 0.4) is 0 Å². The second-order valence-electron chi connectivity index (χ2n) is 6.08. The third-order valence-electron chi connectivity index (χ3n) is 4.05. The molecule has 0 bridgehead atoms. The minimum absolute atomic E-state index is 0.0859. The van der Waals surface area contributed by atoms with Crippen molar-refractivity contribution in [3.8, 4) is 11.5 Å². The number of rotatable bonds is 10. The predicted molar refractivity (Wildman–Crippen MR) is 97.5 cm³/mol. The Morgan fingerprint density at radius 1 is 1.07 bits per heavy atom. The van der Waals surface area contributed by atoms with Crippen molar-refractivity contribution in [2.75, 3.05) is 13.2 Å². The van der Waals surface area contributed by atoms with Crippen molar-refractivity contribution in [2.24, 2.45) is 0 Å². The Morgan fingerprint density at radius 2 is 1.72 bits per heavy atom. The van der Waals surface area contributed by atoms with Crippen molar-refractivity contribution in [1.29, 1.82) is 0 Å². The molecule has 2 rings (SSSR count). The number of amides is 1. The van der Waals surface area contributed by atoms with Crippen molar-refractivity contribution in [3.05, 3.63) is 41.2 Å². The van der Waals surface area contributed by atoms with Crippen LogP contribution in [0, 0.1) is 0 Å². The first kappa shape index (κ1) is 22.5. The van der Waals surface area contributed by atoms with Gasteiger partial charge in [0.2, 0.25) is 5.91 Å². The van der Waals surface area contributed by atoms with Crippen LogP contribution in [0.2, 0.25) is 0 Å². The Bertz CT molecular complexity index is 827. The topological polar surface area (TPSA) is 65.4 Å². The molecule has 0 fully saturated rings. The highest BCUT2D eigenvalue weighted by Gasteiger charge is 2.26. The number of carbonyl (C=O) groups is 1. The predicted octanol–water partition coefficient (Wildman–Crippen LogP) is 4.43. The van der Waals surface area contributed by atoms with Gasteiger partial charge in [-0.05, 0) is 44.5 Å². The van der Waals surface area contributed by atoms with Gasteiger partial charge in [-0.15, -0.1) is 0 Å². The van der Waals surface area contributed by atoms with Crippen molar-refractivity contribution in [2.45, 2.75) is 46.2 Å². The second-order valence-corrected chi connectivity index (χ2v) is 6.08. The Labute approximate surface area is 165 Å². The van der Waals surface area contributed by atoms with Crippen LogP contribution in [0.25, 0.3) is 0 Å². The number of nitrogens with zero attached hydrogens (tertiary/aromatic N) is 2. The lowest BCUT2D eigenvalue weighted by Crippen LogP contribution is -2.32. The molecule has 2 aromatic rings. The Hall–Kier alpha value is -2.78. The third-order valence-corrected chi connectivity index (χ3v) is 4.05. The van der Waals surface area contributed by atoms with E-state index in [9.17, 15) is 22.4 Å². The van der Waals surface area contributed by atoms with Gasteiger partial charge in [-0.25, -0.2) is 17.6 Å². The molecular formula is C19H23F4N3O3. The van der Waals surface area contributed by atoms with Crippen LogP contribution in [0.5, 0.6) is 11.5 Å². The average Bonchev–Trinajstić information content (AvgIpc) is 3.13. The molecule has 0 aliphatic rings. The first-order valence-electron chi connectivity index (χ1n) is 9.10. The maximum Gasteiger partial charge on any atom is 0.282 e. The molecule has 0 saturated heterocycles. The number of carbonyl (C=O) groups excluding carboxylic acids is 1. The zero-order chi connectivity index (χ0) is 21.6. The van der Waals surface area contributed by atoms with Crippen molar-refractivity contribution in [3.63, 3.8) is 0 Å². The molecular weight excluding hydrogens is 394 g/mol. The van der Waals surface area contributed by atoms with Crippen LogP contribution < -0.4 is 14.8 Å². The largest absolute Gasteiger partial charge is 0.490 e. The first-order chi connectivity index (χ1) is 13.8. The monoisotopic (exact) mass is 417 g/mol. The van der Waals surface area contributed by atoms with E-state index in [1.807, 2.05) is 13.8 Å². The lowest BCUT2D eigenvalue weighted by Gasteiger charge is -2.16. The van der Waals surface area contributed by atoms with Gasteiger partial charge >= 0.3 is 0 Å². The SMILES string of the molecule is CCOc1ccc(CNC(=O)C(C)n2nc(C(F)F)cc2C(F)F)cc1OCC. The van der Waals surface area contributed by atoms with Gasteiger partial charge < -0.3 is 14.8 Å². The van der Waals surface area contributed by atoms with Crippen LogP contribution in [0.4, 0.5) is 17.6 Å². The van der Waals surface area contributed by atoms with Gasteiger partial charge in [0, 0.05) is 6.54 Å². The molecule has 0 radical (unpaired) electrons. The molecule has 0 spiro atoms. The van der Waals surface area contributed by atoms with E-state index < -0.39 is 36.2 Å². The normalized spacial score (nSPS) is 12.3. The maximum absolute atomic E-state index is 13.1. The van der Waals surface area contributed by atoms with E-state index in [-0.39, 0.29) is 6.54 Å². The summed E-state index contributed by atoms with van der Waals surface area (Å²) in [5, 5.41) is 6.06. The first-order valence-corrected chi connectivity index (χ1v) is 9.10. The summed E-state index contributed by atoms with van der Waals surface area (Å²) >= 11 is 0. The highest BCUT2D eigenvalue weighted by molar-refractivity contribution is 5.79. The molecule has 1 heterocycles. The van der Waals surface area contributed by atoms with E-state index in [4.69, 9.17) is 9.47 Å². The number of hydrogen-bond donors (Lipinski definition) is 1. The molecule has 1 amide bonds. The molecule has 1 N–H and O–H groups in total. The molecule has 1 aromatic carbocycles. The van der Waals surface area contributed by atoms with Crippen LogP contribution >= 0.6 is 0 Å². The van der Waals surface area contributed by atoms with E-state index in [1.54, 1.807) is 18.2 Å². The van der Waals surface area contributed by atoms with Gasteiger partial charge in [0.1, 0.15) is 17.4 Å². The minimum Gasteiger partial charge on any atom is -0.490 e. The summed E-state index contributed by atoms with van der Waals surface area (Å²) in [6, 6.07) is 4.55. The summed E-state index contributed by atoms with van der Waals surface area (Å²) in [6.45, 7) is 5.95. The Balaban J connectivity index is 2.12. The van der Waals surface area contributed by atoms with E-state index >= 15 is 0 Å². The highest BCUT2D eigenvalue weighted by atomic mass is 19.3. The number of aromatic nitrogens is 2. The van der Waals surface area contributed by atoms with Crippen molar-refractivity contribution >= 4 is 5.91 Å². The summed E-state index contributed by atoms with van der Waals surface area (Å²) in [5.74, 6) is 0.445. The van der Waals surface area contributed by atoms with Gasteiger partial charge in [0.25, 0.3) is 12.9 Å². The smallest absolute Gasteiger partial charge is 0.282 e. The van der Waals surface area contributed by atoms with Crippen LogP contribution in [-0.2, 0) is 11.3 Å². The fourth-order valence-corrected chi connectivity index (χ4v) is 2.66. The number of ether oxygens (including phenoxy) is 2. The summed E-state index contributed by atoms with van der Waals surface area (Å²) in [5.41, 5.74) is -0.837.